The number of hydrogen-bond acceptors (Lipinski definition) is 3. The van der Waals surface area contributed by atoms with E-state index in [4.69, 9.17) is 0 Å². The molecule has 1 heterocycles. The van der Waals surface area contributed by atoms with Gasteiger partial charge in [-0.15, -0.1) is 0 Å². The molecule has 0 unspecified atom stereocenters. The van der Waals surface area contributed by atoms with E-state index in [2.05, 4.69) is 25.6 Å². The zero-order valence-electron chi connectivity index (χ0n) is 10.4. The molecule has 0 aliphatic rings. The maximum Gasteiger partial charge on any atom is 0.240 e. The Labute approximate surface area is 120 Å². The number of nitrogens with zero attached hydrogens (tertiary/aromatic N) is 2. The molecule has 0 atom stereocenters. The van der Waals surface area contributed by atoms with Gasteiger partial charge in [0.2, 0.25) is 10.0 Å². The molecule has 0 bridgehead atoms. The first kappa shape index (κ1) is 14.2. The second-order valence-electron chi connectivity index (χ2n) is 4.11. The third-order valence-corrected chi connectivity index (χ3v) is 4.76. The minimum absolute atomic E-state index is 0.307. The number of benzene rings is 1. The number of nitrogens with one attached hydrogen (secondary N) is 1. The van der Waals surface area contributed by atoms with Crippen LogP contribution in [0.1, 0.15) is 5.56 Å². The summed E-state index contributed by atoms with van der Waals surface area (Å²) in [6, 6.07) is 5.10. The fraction of sp³-hybridized carbons (Fsp3) is 0.250. The normalized spacial score (nSPS) is 11.7. The molecule has 0 fully saturated rings. The zero-order chi connectivity index (χ0) is 13.9. The number of sulfonamides is 1. The SMILES string of the molecule is Cc1cc(Br)ccc1S(=O)(=O)NCCn1ccnc1. The summed E-state index contributed by atoms with van der Waals surface area (Å²) >= 11 is 3.32. The van der Waals surface area contributed by atoms with Gasteiger partial charge in [-0.25, -0.2) is 18.1 Å². The first-order valence-corrected chi connectivity index (χ1v) is 7.98. The van der Waals surface area contributed by atoms with Crippen LogP contribution in [0.4, 0.5) is 0 Å². The van der Waals surface area contributed by atoms with Gasteiger partial charge in [-0.1, -0.05) is 15.9 Å². The van der Waals surface area contributed by atoms with Gasteiger partial charge < -0.3 is 4.57 Å². The third-order valence-electron chi connectivity index (χ3n) is 2.65. The molecule has 7 heteroatoms. The van der Waals surface area contributed by atoms with E-state index in [0.29, 0.717) is 23.5 Å². The summed E-state index contributed by atoms with van der Waals surface area (Å²) in [7, 11) is -3.47. The van der Waals surface area contributed by atoms with Crippen LogP contribution in [-0.4, -0.2) is 24.5 Å². The van der Waals surface area contributed by atoms with E-state index in [0.717, 1.165) is 4.47 Å². The van der Waals surface area contributed by atoms with Crippen LogP contribution in [0.25, 0.3) is 0 Å². The Morgan fingerprint density at radius 2 is 2.21 bits per heavy atom. The second kappa shape index (κ2) is 5.85. The first-order valence-electron chi connectivity index (χ1n) is 5.70. The molecule has 102 valence electrons. The highest BCUT2D eigenvalue weighted by Gasteiger charge is 2.15. The number of imidazole rings is 1. The minimum Gasteiger partial charge on any atom is -0.336 e. The van der Waals surface area contributed by atoms with E-state index < -0.39 is 10.0 Å². The fourth-order valence-electron chi connectivity index (χ4n) is 1.72. The van der Waals surface area contributed by atoms with Crippen LogP contribution in [-0.2, 0) is 16.6 Å². The second-order valence-corrected chi connectivity index (χ2v) is 6.76. The molecule has 1 aromatic heterocycles. The summed E-state index contributed by atoms with van der Waals surface area (Å²) in [6.07, 6.45) is 5.10. The number of halogens is 1. The highest BCUT2D eigenvalue weighted by atomic mass is 79.9. The average Bonchev–Trinajstić information content (AvgIpc) is 2.81. The van der Waals surface area contributed by atoms with Crippen molar-refractivity contribution in [2.24, 2.45) is 0 Å². The van der Waals surface area contributed by atoms with Gasteiger partial charge in [0.25, 0.3) is 0 Å². The van der Waals surface area contributed by atoms with Gasteiger partial charge in [0.1, 0.15) is 0 Å². The number of aromatic nitrogens is 2. The van der Waals surface area contributed by atoms with E-state index in [1.165, 1.54) is 0 Å². The smallest absolute Gasteiger partial charge is 0.240 e. The average molecular weight is 344 g/mol. The molecule has 1 aromatic carbocycles. The van der Waals surface area contributed by atoms with Crippen LogP contribution < -0.4 is 4.72 Å². The van der Waals surface area contributed by atoms with Crippen molar-refractivity contribution >= 4 is 26.0 Å². The molecule has 0 radical (unpaired) electrons. The molecule has 0 saturated heterocycles. The molecular formula is C12H14BrN3O2S. The van der Waals surface area contributed by atoms with E-state index in [-0.39, 0.29) is 0 Å². The van der Waals surface area contributed by atoms with Crippen LogP contribution in [0.2, 0.25) is 0 Å². The lowest BCUT2D eigenvalue weighted by Crippen LogP contribution is -2.27. The molecule has 1 N–H and O–H groups in total. The van der Waals surface area contributed by atoms with Crippen LogP contribution in [0, 0.1) is 6.92 Å². The van der Waals surface area contributed by atoms with Gasteiger partial charge in [0, 0.05) is 30.0 Å². The molecule has 0 aliphatic heterocycles. The Morgan fingerprint density at radius 3 is 2.84 bits per heavy atom. The predicted molar refractivity (Wildman–Crippen MR) is 76.3 cm³/mol. The number of aryl methyl sites for hydroxylation is 1. The third kappa shape index (κ3) is 3.65. The quantitative estimate of drug-likeness (QED) is 0.902. The summed E-state index contributed by atoms with van der Waals surface area (Å²) in [6.45, 7) is 2.65. The summed E-state index contributed by atoms with van der Waals surface area (Å²) in [4.78, 5) is 4.21. The summed E-state index contributed by atoms with van der Waals surface area (Å²) in [5.74, 6) is 0. The van der Waals surface area contributed by atoms with Crippen molar-refractivity contribution in [2.75, 3.05) is 6.54 Å². The number of rotatable bonds is 5. The van der Waals surface area contributed by atoms with Crippen molar-refractivity contribution in [3.8, 4) is 0 Å². The van der Waals surface area contributed by atoms with Gasteiger partial charge >= 0.3 is 0 Å². The fourth-order valence-corrected chi connectivity index (χ4v) is 3.44. The van der Waals surface area contributed by atoms with Gasteiger partial charge in [0.05, 0.1) is 11.2 Å². The Kier molecular flexibility index (Phi) is 4.38. The molecule has 0 amide bonds. The number of hydrogen-bond donors (Lipinski definition) is 1. The van der Waals surface area contributed by atoms with Gasteiger partial charge in [-0.05, 0) is 30.7 Å². The summed E-state index contributed by atoms with van der Waals surface area (Å²) in [5.41, 5.74) is 0.713. The first-order chi connectivity index (χ1) is 8.99. The van der Waals surface area contributed by atoms with E-state index >= 15 is 0 Å². The standard InChI is InChI=1S/C12H14BrN3O2S/c1-10-8-11(13)2-3-12(10)19(17,18)15-5-7-16-6-4-14-9-16/h2-4,6,8-9,15H,5,7H2,1H3. The minimum atomic E-state index is -3.47. The summed E-state index contributed by atoms with van der Waals surface area (Å²) < 4.78 is 29.5. The maximum atomic E-state index is 12.1. The van der Waals surface area contributed by atoms with Gasteiger partial charge in [-0.3, -0.25) is 0 Å². The van der Waals surface area contributed by atoms with Crippen LogP contribution in [0.3, 0.4) is 0 Å². The Balaban J connectivity index is 2.05. The predicted octanol–water partition coefficient (Wildman–Crippen LogP) is 1.93. The maximum absolute atomic E-state index is 12.1. The molecule has 19 heavy (non-hydrogen) atoms. The topological polar surface area (TPSA) is 64.0 Å². The molecule has 2 aromatic rings. The molecule has 0 aliphatic carbocycles. The highest BCUT2D eigenvalue weighted by molar-refractivity contribution is 9.10. The van der Waals surface area contributed by atoms with Crippen molar-refractivity contribution in [1.82, 2.24) is 14.3 Å². The van der Waals surface area contributed by atoms with Crippen LogP contribution in [0.15, 0.2) is 46.3 Å². The summed E-state index contributed by atoms with van der Waals surface area (Å²) in [5, 5.41) is 0. The van der Waals surface area contributed by atoms with Crippen molar-refractivity contribution in [1.29, 1.82) is 0 Å². The van der Waals surface area contributed by atoms with E-state index in [1.54, 1.807) is 43.8 Å². The van der Waals surface area contributed by atoms with E-state index in [9.17, 15) is 8.42 Å². The zero-order valence-corrected chi connectivity index (χ0v) is 12.8. The van der Waals surface area contributed by atoms with Crippen LogP contribution >= 0.6 is 15.9 Å². The van der Waals surface area contributed by atoms with Crippen molar-refractivity contribution in [3.63, 3.8) is 0 Å². The largest absolute Gasteiger partial charge is 0.336 e. The Bertz CT molecular complexity index is 654. The van der Waals surface area contributed by atoms with Crippen molar-refractivity contribution < 1.29 is 8.42 Å². The highest BCUT2D eigenvalue weighted by Crippen LogP contribution is 2.19. The lowest BCUT2D eigenvalue weighted by atomic mass is 10.2. The van der Waals surface area contributed by atoms with E-state index in [1.807, 2.05) is 4.57 Å². The lowest BCUT2D eigenvalue weighted by molar-refractivity contribution is 0.572. The molecule has 5 nitrogen and oxygen atoms in total. The monoisotopic (exact) mass is 343 g/mol. The van der Waals surface area contributed by atoms with Crippen LogP contribution in [0.5, 0.6) is 0 Å². The Morgan fingerprint density at radius 1 is 1.42 bits per heavy atom. The molecule has 0 spiro atoms. The van der Waals surface area contributed by atoms with Crippen molar-refractivity contribution in [3.05, 3.63) is 47.0 Å². The molecular weight excluding hydrogens is 330 g/mol. The van der Waals surface area contributed by atoms with Crippen molar-refractivity contribution in [2.45, 2.75) is 18.4 Å². The Hall–Kier alpha value is -1.18. The molecule has 0 saturated carbocycles. The lowest BCUT2D eigenvalue weighted by Gasteiger charge is -2.09. The molecule has 2 rings (SSSR count). The van der Waals surface area contributed by atoms with Gasteiger partial charge in [-0.2, -0.15) is 0 Å². The van der Waals surface area contributed by atoms with Gasteiger partial charge in [0.15, 0.2) is 0 Å².